The zero-order valence-corrected chi connectivity index (χ0v) is 46.8. The summed E-state index contributed by atoms with van der Waals surface area (Å²) in [6, 6.07) is 17.5. The van der Waals surface area contributed by atoms with Crippen LogP contribution in [0.25, 0.3) is 137 Å². The van der Waals surface area contributed by atoms with E-state index in [9.17, 15) is 28.1 Å². The maximum absolute atomic E-state index is 16.5. The van der Waals surface area contributed by atoms with Crippen molar-refractivity contribution < 1.29 is 87.8 Å². The van der Waals surface area contributed by atoms with Crippen molar-refractivity contribution in [2.24, 2.45) is 0 Å². The lowest BCUT2D eigenvalue weighted by molar-refractivity contribution is 0.381. The lowest BCUT2D eigenvalue weighted by Gasteiger charge is -2.11. The molecule has 0 saturated carbocycles. The summed E-state index contributed by atoms with van der Waals surface area (Å²) in [7, 11) is 0. The zero-order valence-electron chi connectivity index (χ0n) is 46.8. The SMILES string of the molecule is N#Cc1ccc(-c2c3nc(c(-c4c(F)c(F)c(F)c(F)c4F)c4nc(c(-c5c(F)c(F)c(F)c(F)c5F)c5ccc([nH]5)c(-c5ccc(C#N)cc5)c5nc(c(-c6c(F)c(F)c(F)c(F)c6F)c6nc(c(-c7c(F)c(F)c(F)c(F)c7F)c7ccc2[nH]7)C=C6)C=C5)C=C4)C=C3)cc1. The van der Waals surface area contributed by atoms with E-state index in [-0.39, 0.29) is 44.4 Å². The van der Waals surface area contributed by atoms with Crippen molar-refractivity contribution in [3.8, 4) is 78.9 Å². The quantitative estimate of drug-likeness (QED) is 0.0969. The Balaban J connectivity index is 1.30. The molecule has 96 heavy (non-hydrogen) atoms. The van der Waals surface area contributed by atoms with Gasteiger partial charge in [-0.1, -0.05) is 24.3 Å². The van der Waals surface area contributed by atoms with Crippen molar-refractivity contribution >= 4 is 70.7 Å². The Labute approximate surface area is 522 Å². The van der Waals surface area contributed by atoms with Crippen LogP contribution in [0.1, 0.15) is 56.7 Å². The minimum Gasteiger partial charge on any atom is -0.354 e. The molecule has 4 aliphatic heterocycles. The number of aromatic amines is 2. The van der Waals surface area contributed by atoms with Crippen LogP contribution in [-0.4, -0.2) is 29.9 Å². The maximum atomic E-state index is 16.5. The standard InChI is InChI=1S/C68H22F20N8/c69-49-45(50(70)58(78)65(85)57(49)77)41-31-13-9-27(91-31)39(25-5-1-23(21-89)2-6-25)28-10-14-32(92-28)42(46-51(71)59(79)66(86)60(80)52(46)72)36-18-20-38(96-36)44(48-55(75)63(83)68(88)64(84)56(48)76)34-16-12-30(94-34)40(26-7-3-24(22-90)4-8-26)29-11-15-33(93-29)43(37-19-17-35(41)95-37)47-53(73)61(81)67(87)62(82)54(47)74/h1-20,91,94H. The summed E-state index contributed by atoms with van der Waals surface area (Å²) in [5.74, 6) is -51.3. The van der Waals surface area contributed by atoms with Gasteiger partial charge in [-0.05, 0) is 108 Å². The lowest BCUT2D eigenvalue weighted by Crippen LogP contribution is -2.06. The van der Waals surface area contributed by atoms with Crippen LogP contribution < -0.4 is 0 Å². The Hall–Kier alpha value is -12.2. The highest BCUT2D eigenvalue weighted by Gasteiger charge is 2.36. The number of halogens is 20. The van der Waals surface area contributed by atoms with Gasteiger partial charge in [-0.25, -0.2) is 108 Å². The molecule has 4 aliphatic rings. The predicted molar refractivity (Wildman–Crippen MR) is 309 cm³/mol. The van der Waals surface area contributed by atoms with Crippen molar-refractivity contribution in [3.05, 3.63) is 246 Å². The number of nitrogens with one attached hydrogen (secondary N) is 2. The molecule has 0 atom stereocenters. The number of H-pyrrole nitrogens is 2. The van der Waals surface area contributed by atoms with Crippen LogP contribution in [-0.2, 0) is 0 Å². The van der Waals surface area contributed by atoms with Gasteiger partial charge in [-0.15, -0.1) is 0 Å². The molecule has 28 heteroatoms. The van der Waals surface area contributed by atoms with Gasteiger partial charge in [0.15, 0.2) is 93.1 Å². The highest BCUT2D eigenvalue weighted by Crippen LogP contribution is 2.46. The predicted octanol–water partition coefficient (Wildman–Crippen LogP) is 19.2. The van der Waals surface area contributed by atoms with E-state index in [0.29, 0.717) is 0 Å². The molecule has 12 bridgehead atoms. The van der Waals surface area contributed by atoms with Gasteiger partial charge in [0.25, 0.3) is 0 Å². The minimum absolute atomic E-state index is 0.00909. The average molecular weight is 1330 g/mol. The lowest BCUT2D eigenvalue weighted by atomic mass is 10.00. The first-order valence-electron chi connectivity index (χ1n) is 27.1. The van der Waals surface area contributed by atoms with E-state index in [4.69, 9.17) is 0 Å². The summed E-state index contributed by atoms with van der Waals surface area (Å²) in [5, 5.41) is 19.4. The van der Waals surface area contributed by atoms with Crippen LogP contribution in [0.4, 0.5) is 87.8 Å². The molecular weight excluding hydrogens is 1310 g/mol. The molecule has 8 nitrogen and oxygen atoms in total. The number of hydrogen-bond acceptors (Lipinski definition) is 6. The smallest absolute Gasteiger partial charge is 0.200 e. The van der Waals surface area contributed by atoms with Crippen LogP contribution >= 0.6 is 0 Å². The molecule has 0 saturated heterocycles. The van der Waals surface area contributed by atoms with Gasteiger partial charge in [0.2, 0.25) is 23.3 Å². The largest absolute Gasteiger partial charge is 0.354 e. The van der Waals surface area contributed by atoms with Gasteiger partial charge in [-0.3, -0.25) is 0 Å². The van der Waals surface area contributed by atoms with Crippen molar-refractivity contribution in [1.82, 2.24) is 29.9 Å². The van der Waals surface area contributed by atoms with Crippen LogP contribution in [0.5, 0.6) is 0 Å². The fourth-order valence-corrected chi connectivity index (χ4v) is 11.1. The van der Waals surface area contributed by atoms with Gasteiger partial charge < -0.3 is 9.97 Å². The summed E-state index contributed by atoms with van der Waals surface area (Å²) in [5.41, 5.74) is -20.3. The Bertz CT molecular complexity index is 5160. The van der Waals surface area contributed by atoms with Gasteiger partial charge in [-0.2, -0.15) is 10.5 Å². The molecule has 7 heterocycles. The molecule has 474 valence electrons. The molecule has 2 N–H and O–H groups in total. The van der Waals surface area contributed by atoms with E-state index >= 15 is 70.2 Å². The molecule has 13 rings (SSSR count). The molecule has 9 aromatic rings. The summed E-state index contributed by atoms with van der Waals surface area (Å²) in [6.45, 7) is 0. The normalized spacial score (nSPS) is 12.2. The fourth-order valence-electron chi connectivity index (χ4n) is 11.1. The first-order valence-corrected chi connectivity index (χ1v) is 27.1. The minimum atomic E-state index is -2.67. The molecule has 0 radical (unpaired) electrons. The third-order valence-corrected chi connectivity index (χ3v) is 15.5. The number of fused-ring (bicyclic) bond motifs is 12. The number of benzene rings is 6. The molecule has 0 aliphatic carbocycles. The molecule has 0 unspecified atom stereocenters. The first kappa shape index (κ1) is 62.6. The summed E-state index contributed by atoms with van der Waals surface area (Å²) in [4.78, 5) is 22.9. The van der Waals surface area contributed by atoms with Gasteiger partial charge in [0.1, 0.15) is 0 Å². The van der Waals surface area contributed by atoms with Gasteiger partial charge in [0.05, 0.1) is 91.1 Å². The summed E-state index contributed by atoms with van der Waals surface area (Å²) < 4.78 is 316. The highest BCUT2D eigenvalue weighted by atomic mass is 19.2. The molecule has 0 amide bonds. The second-order valence-electron chi connectivity index (χ2n) is 20.8. The molecule has 3 aromatic heterocycles. The Morgan fingerprint density at radius 2 is 0.385 bits per heavy atom. The highest BCUT2D eigenvalue weighted by molar-refractivity contribution is 6.01. The van der Waals surface area contributed by atoms with E-state index in [0.717, 1.165) is 72.9 Å². The van der Waals surface area contributed by atoms with E-state index in [1.807, 2.05) is 12.1 Å². The Morgan fingerprint density at radius 3 is 0.604 bits per heavy atom. The Morgan fingerprint density at radius 1 is 0.208 bits per heavy atom. The van der Waals surface area contributed by atoms with Crippen molar-refractivity contribution in [2.75, 3.05) is 0 Å². The van der Waals surface area contributed by atoms with E-state index < -0.39 is 217 Å². The number of aromatic nitrogens is 6. The number of hydrogen-bond donors (Lipinski definition) is 2. The van der Waals surface area contributed by atoms with Gasteiger partial charge >= 0.3 is 0 Å². The van der Waals surface area contributed by atoms with E-state index in [2.05, 4.69) is 29.9 Å². The maximum Gasteiger partial charge on any atom is 0.200 e. The number of nitriles is 2. The molecular formula is C68H22F20N8. The third kappa shape index (κ3) is 9.77. The van der Waals surface area contributed by atoms with E-state index in [1.165, 1.54) is 48.5 Å². The first-order chi connectivity index (χ1) is 45.8. The summed E-state index contributed by atoms with van der Waals surface area (Å²) >= 11 is 0. The van der Waals surface area contributed by atoms with Crippen molar-refractivity contribution in [2.45, 2.75) is 0 Å². The van der Waals surface area contributed by atoms with Gasteiger partial charge in [0, 0.05) is 55.4 Å². The molecule has 6 aromatic carbocycles. The monoisotopic (exact) mass is 1330 g/mol. The van der Waals surface area contributed by atoms with Crippen LogP contribution in [0.3, 0.4) is 0 Å². The fraction of sp³-hybridized carbons (Fsp3) is 0. The van der Waals surface area contributed by atoms with Crippen molar-refractivity contribution in [1.29, 1.82) is 10.5 Å². The van der Waals surface area contributed by atoms with Crippen molar-refractivity contribution in [3.63, 3.8) is 0 Å². The topological polar surface area (TPSA) is 131 Å². The molecule has 0 fully saturated rings. The Kier molecular flexibility index (Phi) is 15.3. The number of rotatable bonds is 6. The van der Waals surface area contributed by atoms with Crippen LogP contribution in [0, 0.1) is 139 Å². The third-order valence-electron chi connectivity index (χ3n) is 15.5. The summed E-state index contributed by atoms with van der Waals surface area (Å²) in [6.07, 6.45) is 6.83. The van der Waals surface area contributed by atoms with Crippen LogP contribution in [0.15, 0.2) is 72.8 Å². The second kappa shape index (κ2) is 23.4. The molecule has 0 spiro atoms. The zero-order chi connectivity index (χ0) is 68.4. The second-order valence-corrected chi connectivity index (χ2v) is 20.8. The number of nitrogens with zero attached hydrogens (tertiary/aromatic N) is 6. The van der Waals surface area contributed by atoms with Crippen LogP contribution in [0.2, 0.25) is 0 Å². The van der Waals surface area contributed by atoms with E-state index in [1.54, 1.807) is 0 Å². The average Bonchev–Trinajstić information content (AvgIpc) is 1.45.